The van der Waals surface area contributed by atoms with Gasteiger partial charge in [0.05, 0.1) is 5.52 Å². The summed E-state index contributed by atoms with van der Waals surface area (Å²) in [6, 6.07) is 15.8. The highest BCUT2D eigenvalue weighted by Gasteiger charge is 2.16. The molecule has 160 valence electrons. The van der Waals surface area contributed by atoms with Crippen molar-refractivity contribution in [1.82, 2.24) is 14.5 Å². The summed E-state index contributed by atoms with van der Waals surface area (Å²) in [6.45, 7) is 0.731. The van der Waals surface area contributed by atoms with Crippen LogP contribution in [0.1, 0.15) is 16.9 Å². The van der Waals surface area contributed by atoms with Gasteiger partial charge in [-0.05, 0) is 47.7 Å². The summed E-state index contributed by atoms with van der Waals surface area (Å²) in [5.74, 6) is -0.230. The first-order valence-corrected chi connectivity index (χ1v) is 11.9. The van der Waals surface area contributed by atoms with E-state index >= 15 is 0 Å². The number of nitrogens with zero attached hydrogens (tertiary/aromatic N) is 2. The predicted molar refractivity (Wildman–Crippen MR) is 126 cm³/mol. The van der Waals surface area contributed by atoms with Gasteiger partial charge in [-0.3, -0.25) is 18.7 Å². The predicted octanol–water partition coefficient (Wildman–Crippen LogP) is 3.28. The van der Waals surface area contributed by atoms with Crippen molar-refractivity contribution in [3.8, 4) is 0 Å². The lowest BCUT2D eigenvalue weighted by molar-refractivity contribution is -0.121. The fourth-order valence-corrected chi connectivity index (χ4v) is 5.07. The fourth-order valence-electron chi connectivity index (χ4n) is 3.52. The first kappa shape index (κ1) is 21.3. The van der Waals surface area contributed by atoms with Gasteiger partial charge < -0.3 is 5.32 Å². The molecule has 1 aromatic carbocycles. The molecule has 0 unspecified atom stereocenters. The van der Waals surface area contributed by atoms with E-state index in [9.17, 15) is 14.4 Å². The molecule has 4 aromatic rings. The molecule has 8 heteroatoms. The lowest BCUT2D eigenvalue weighted by Gasteiger charge is -2.12. The van der Waals surface area contributed by atoms with Crippen LogP contribution in [0.5, 0.6) is 0 Å². The second-order valence-electron chi connectivity index (χ2n) is 7.23. The van der Waals surface area contributed by atoms with Gasteiger partial charge in [0.15, 0.2) is 0 Å². The molecule has 6 nitrogen and oxygen atoms in total. The average molecular weight is 454 g/mol. The van der Waals surface area contributed by atoms with E-state index in [4.69, 9.17) is 0 Å². The van der Waals surface area contributed by atoms with Gasteiger partial charge in [0.2, 0.25) is 5.91 Å². The first-order valence-electron chi connectivity index (χ1n) is 10.2. The Morgan fingerprint density at radius 1 is 0.903 bits per heavy atom. The third-order valence-corrected chi connectivity index (χ3v) is 6.94. The standard InChI is InChI=1S/C23H23N3O3S2/c27-20(24-12-4-8-17-6-2-1-3-7-17)16-26-19-11-15-31-21(19)22(28)25(23(26)29)13-10-18-9-5-14-30-18/h1-3,5-7,9,11,14-15H,4,8,10,12-13,16H2,(H,24,27). The molecule has 0 spiro atoms. The van der Waals surface area contributed by atoms with Gasteiger partial charge in [0.25, 0.3) is 5.56 Å². The zero-order valence-corrected chi connectivity index (χ0v) is 18.6. The highest BCUT2D eigenvalue weighted by molar-refractivity contribution is 7.17. The van der Waals surface area contributed by atoms with Crippen LogP contribution in [0.25, 0.3) is 10.2 Å². The molecule has 3 heterocycles. The normalized spacial score (nSPS) is 11.1. The van der Waals surface area contributed by atoms with E-state index in [1.807, 2.05) is 35.7 Å². The van der Waals surface area contributed by atoms with Crippen molar-refractivity contribution >= 4 is 38.8 Å². The lowest BCUT2D eigenvalue weighted by atomic mass is 10.1. The van der Waals surface area contributed by atoms with Crippen molar-refractivity contribution < 1.29 is 4.79 Å². The van der Waals surface area contributed by atoms with Gasteiger partial charge in [-0.25, -0.2) is 4.79 Å². The average Bonchev–Trinajstić information content (AvgIpc) is 3.47. The zero-order chi connectivity index (χ0) is 21.6. The lowest BCUT2D eigenvalue weighted by Crippen LogP contribution is -2.42. The molecule has 0 aliphatic rings. The number of aromatic nitrogens is 2. The van der Waals surface area contributed by atoms with E-state index in [0.717, 1.165) is 17.7 Å². The second kappa shape index (κ2) is 9.89. The molecule has 31 heavy (non-hydrogen) atoms. The number of aryl methyl sites for hydroxylation is 2. The quantitative estimate of drug-likeness (QED) is 0.395. The number of hydrogen-bond donors (Lipinski definition) is 1. The minimum atomic E-state index is -0.438. The van der Waals surface area contributed by atoms with Crippen LogP contribution >= 0.6 is 22.7 Å². The van der Waals surface area contributed by atoms with Crippen molar-refractivity contribution in [2.45, 2.75) is 32.4 Å². The van der Waals surface area contributed by atoms with Gasteiger partial charge in [-0.2, -0.15) is 0 Å². The van der Waals surface area contributed by atoms with Crippen LogP contribution in [0, 0.1) is 0 Å². The van der Waals surface area contributed by atoms with Crippen LogP contribution < -0.4 is 16.6 Å². The van der Waals surface area contributed by atoms with Crippen molar-refractivity contribution in [3.63, 3.8) is 0 Å². The molecule has 0 atom stereocenters. The number of thiophene rings is 2. The molecule has 1 amide bonds. The summed E-state index contributed by atoms with van der Waals surface area (Å²) in [5, 5.41) is 6.65. The highest BCUT2D eigenvalue weighted by Crippen LogP contribution is 2.16. The number of hydrogen-bond acceptors (Lipinski definition) is 5. The monoisotopic (exact) mass is 453 g/mol. The molecule has 0 saturated carbocycles. The molecule has 0 saturated heterocycles. The number of carbonyl (C=O) groups excluding carboxylic acids is 1. The SMILES string of the molecule is O=C(Cn1c(=O)n(CCc2cccs2)c(=O)c2sccc21)NCCCc1ccccc1. The molecule has 4 rings (SSSR count). The second-order valence-corrected chi connectivity index (χ2v) is 9.18. The Kier molecular flexibility index (Phi) is 6.79. The van der Waals surface area contributed by atoms with E-state index in [0.29, 0.717) is 29.7 Å². The van der Waals surface area contributed by atoms with Gasteiger partial charge in [0.1, 0.15) is 11.2 Å². The van der Waals surface area contributed by atoms with Gasteiger partial charge in [-0.1, -0.05) is 36.4 Å². The Morgan fingerprint density at radius 2 is 1.74 bits per heavy atom. The largest absolute Gasteiger partial charge is 0.355 e. The zero-order valence-electron chi connectivity index (χ0n) is 17.0. The van der Waals surface area contributed by atoms with Crippen molar-refractivity contribution in [2.24, 2.45) is 0 Å². The minimum Gasteiger partial charge on any atom is -0.355 e. The van der Waals surface area contributed by atoms with Gasteiger partial charge >= 0.3 is 5.69 Å². The van der Waals surface area contributed by atoms with Crippen LogP contribution in [0.4, 0.5) is 0 Å². The maximum Gasteiger partial charge on any atom is 0.332 e. The summed E-state index contributed by atoms with van der Waals surface area (Å²) in [6.07, 6.45) is 2.30. The number of fused-ring (bicyclic) bond motifs is 1. The Balaban J connectivity index is 1.46. The molecule has 0 fully saturated rings. The molecule has 3 aromatic heterocycles. The number of rotatable bonds is 9. The molecular formula is C23H23N3O3S2. The van der Waals surface area contributed by atoms with Gasteiger partial charge in [0, 0.05) is 18.0 Å². The number of carbonyl (C=O) groups is 1. The highest BCUT2D eigenvalue weighted by atomic mass is 32.1. The van der Waals surface area contributed by atoms with E-state index in [-0.39, 0.29) is 18.0 Å². The van der Waals surface area contributed by atoms with E-state index in [2.05, 4.69) is 17.4 Å². The topological polar surface area (TPSA) is 73.1 Å². The molecule has 0 radical (unpaired) electrons. The molecular weight excluding hydrogens is 430 g/mol. The van der Waals surface area contributed by atoms with Crippen molar-refractivity contribution in [2.75, 3.05) is 6.54 Å². The summed E-state index contributed by atoms with van der Waals surface area (Å²) in [7, 11) is 0. The van der Waals surface area contributed by atoms with Crippen LogP contribution in [0.3, 0.4) is 0 Å². The van der Waals surface area contributed by atoms with Crippen LogP contribution in [0.2, 0.25) is 0 Å². The van der Waals surface area contributed by atoms with Crippen LogP contribution in [-0.2, 0) is 30.7 Å². The minimum absolute atomic E-state index is 0.101. The Hall–Kier alpha value is -2.97. The summed E-state index contributed by atoms with van der Waals surface area (Å²) >= 11 is 2.90. The van der Waals surface area contributed by atoms with E-state index in [1.165, 1.54) is 26.0 Å². The van der Waals surface area contributed by atoms with Crippen molar-refractivity contribution in [1.29, 1.82) is 0 Å². The summed E-state index contributed by atoms with van der Waals surface area (Å²) in [4.78, 5) is 39.5. The smallest absolute Gasteiger partial charge is 0.332 e. The maximum atomic E-state index is 13.1. The Labute approximate surface area is 187 Å². The van der Waals surface area contributed by atoms with E-state index < -0.39 is 5.69 Å². The summed E-state index contributed by atoms with van der Waals surface area (Å²) < 4.78 is 3.16. The number of nitrogens with one attached hydrogen (secondary N) is 1. The fraction of sp³-hybridized carbons (Fsp3) is 0.261. The maximum absolute atomic E-state index is 13.1. The molecule has 0 aliphatic heterocycles. The number of benzene rings is 1. The third-order valence-electron chi connectivity index (χ3n) is 5.11. The van der Waals surface area contributed by atoms with Crippen LogP contribution in [-0.4, -0.2) is 21.6 Å². The molecule has 0 bridgehead atoms. The van der Waals surface area contributed by atoms with E-state index in [1.54, 1.807) is 22.8 Å². The van der Waals surface area contributed by atoms with Crippen molar-refractivity contribution in [3.05, 3.63) is 90.6 Å². The first-order chi connectivity index (χ1) is 15.1. The number of amides is 1. The molecule has 0 aliphatic carbocycles. The third kappa shape index (κ3) is 5.03. The summed E-state index contributed by atoms with van der Waals surface area (Å²) in [5.41, 5.74) is 1.02. The Bertz CT molecular complexity index is 1270. The molecule has 1 N–H and O–H groups in total. The Morgan fingerprint density at radius 3 is 2.52 bits per heavy atom. The van der Waals surface area contributed by atoms with Gasteiger partial charge in [-0.15, -0.1) is 22.7 Å². The van der Waals surface area contributed by atoms with Crippen LogP contribution in [0.15, 0.2) is 68.9 Å².